The number of furan rings is 1. The smallest absolute Gasteiger partial charge is 0.322 e. The van der Waals surface area contributed by atoms with Crippen molar-refractivity contribution in [1.82, 2.24) is 4.72 Å². The number of thiophene rings is 1. The summed E-state index contributed by atoms with van der Waals surface area (Å²) in [6, 6.07) is 13.2. The van der Waals surface area contributed by atoms with Gasteiger partial charge in [-0.2, -0.15) is 4.72 Å². The van der Waals surface area contributed by atoms with Crippen LogP contribution < -0.4 is 4.72 Å². The lowest BCUT2D eigenvalue weighted by Gasteiger charge is -2.17. The second kappa shape index (κ2) is 7.29. The number of aliphatic carboxylic acids is 1. The van der Waals surface area contributed by atoms with Crippen LogP contribution in [0.15, 0.2) is 63.2 Å². The molecule has 0 unspecified atom stereocenters. The lowest BCUT2D eigenvalue weighted by atomic mass is 10.1. The Kier molecular flexibility index (Phi) is 4.94. The summed E-state index contributed by atoms with van der Waals surface area (Å²) in [4.78, 5) is 12.5. The van der Waals surface area contributed by atoms with Crippen LogP contribution in [-0.2, 0) is 14.8 Å². The molecule has 0 bridgehead atoms. The molecule has 2 N–H and O–H groups in total. The van der Waals surface area contributed by atoms with Gasteiger partial charge in [0.05, 0.1) is 4.90 Å². The molecule has 2 aromatic carbocycles. The van der Waals surface area contributed by atoms with Gasteiger partial charge in [0.15, 0.2) is 0 Å². The number of fused-ring (bicyclic) bond motifs is 3. The van der Waals surface area contributed by atoms with Gasteiger partial charge in [0.1, 0.15) is 17.2 Å². The zero-order valence-electron chi connectivity index (χ0n) is 15.7. The monoisotopic (exact) mass is 429 g/mol. The molecule has 2 heterocycles. The minimum Gasteiger partial charge on any atom is -0.480 e. The highest BCUT2D eigenvalue weighted by atomic mass is 32.2. The molecule has 29 heavy (non-hydrogen) atoms. The maximum absolute atomic E-state index is 12.8. The van der Waals surface area contributed by atoms with Gasteiger partial charge in [-0.3, -0.25) is 4.79 Å². The van der Waals surface area contributed by atoms with E-state index in [1.165, 1.54) is 12.1 Å². The molecule has 8 heteroatoms. The van der Waals surface area contributed by atoms with E-state index in [-0.39, 0.29) is 4.90 Å². The van der Waals surface area contributed by atoms with Crippen LogP contribution in [0.4, 0.5) is 0 Å². The van der Waals surface area contributed by atoms with Gasteiger partial charge in [0, 0.05) is 15.6 Å². The molecule has 0 aliphatic rings. The molecule has 0 saturated carbocycles. The predicted octanol–water partition coefficient (Wildman–Crippen LogP) is 4.70. The van der Waals surface area contributed by atoms with E-state index >= 15 is 0 Å². The number of hydrogen-bond acceptors (Lipinski definition) is 5. The SMILES string of the molecule is CC(C)[C@@H](NS(=O)(=O)c1ccc2oc3cc(-c4cccs4)ccc3c2c1)C(=O)O. The Bertz CT molecular complexity index is 1300. The average molecular weight is 430 g/mol. The number of carboxylic acids is 1. The van der Waals surface area contributed by atoms with Gasteiger partial charge in [0.2, 0.25) is 10.0 Å². The van der Waals surface area contributed by atoms with Crippen molar-refractivity contribution in [2.75, 3.05) is 0 Å². The topological polar surface area (TPSA) is 96.6 Å². The number of nitrogens with one attached hydrogen (secondary N) is 1. The molecule has 150 valence electrons. The van der Waals surface area contributed by atoms with Crippen LogP contribution in [0, 0.1) is 5.92 Å². The van der Waals surface area contributed by atoms with Crippen LogP contribution in [0.3, 0.4) is 0 Å². The van der Waals surface area contributed by atoms with E-state index in [0.29, 0.717) is 16.6 Å². The fraction of sp³-hybridized carbons (Fsp3) is 0.190. The second-order valence-electron chi connectivity index (χ2n) is 7.13. The molecule has 0 amide bonds. The molecule has 0 aliphatic carbocycles. The van der Waals surface area contributed by atoms with E-state index in [1.807, 2.05) is 35.7 Å². The fourth-order valence-electron chi connectivity index (χ4n) is 3.23. The van der Waals surface area contributed by atoms with Gasteiger partial charge in [-0.25, -0.2) is 8.42 Å². The van der Waals surface area contributed by atoms with Crippen LogP contribution in [0.5, 0.6) is 0 Å². The zero-order chi connectivity index (χ0) is 20.8. The first kappa shape index (κ1) is 19.6. The Morgan fingerprint density at radius 2 is 1.86 bits per heavy atom. The highest BCUT2D eigenvalue weighted by Gasteiger charge is 2.28. The van der Waals surface area contributed by atoms with Gasteiger partial charge in [0.25, 0.3) is 0 Å². The summed E-state index contributed by atoms with van der Waals surface area (Å²) in [5.74, 6) is -1.60. The van der Waals surface area contributed by atoms with Crippen LogP contribution in [0.25, 0.3) is 32.4 Å². The average Bonchev–Trinajstić information content (AvgIpc) is 3.32. The molecule has 1 atom stereocenters. The summed E-state index contributed by atoms with van der Waals surface area (Å²) < 4.78 is 33.7. The molecule has 2 aromatic heterocycles. The Balaban J connectivity index is 1.77. The lowest BCUT2D eigenvalue weighted by molar-refractivity contribution is -0.140. The molecule has 0 saturated heterocycles. The van der Waals surface area contributed by atoms with E-state index < -0.39 is 28.0 Å². The maximum Gasteiger partial charge on any atom is 0.322 e. The highest BCUT2D eigenvalue weighted by molar-refractivity contribution is 7.89. The third-order valence-electron chi connectivity index (χ3n) is 4.77. The Hall–Kier alpha value is -2.68. The minimum atomic E-state index is -4.00. The van der Waals surface area contributed by atoms with E-state index in [1.54, 1.807) is 31.3 Å². The number of sulfonamides is 1. The van der Waals surface area contributed by atoms with Crippen molar-refractivity contribution in [3.63, 3.8) is 0 Å². The maximum atomic E-state index is 12.8. The summed E-state index contributed by atoms with van der Waals surface area (Å²) >= 11 is 1.63. The third-order valence-corrected chi connectivity index (χ3v) is 7.13. The summed E-state index contributed by atoms with van der Waals surface area (Å²) in [5.41, 5.74) is 2.27. The molecule has 6 nitrogen and oxygen atoms in total. The van der Waals surface area contributed by atoms with Gasteiger partial charge in [-0.15, -0.1) is 11.3 Å². The Morgan fingerprint density at radius 3 is 2.52 bits per heavy atom. The van der Waals surface area contributed by atoms with Crippen molar-refractivity contribution in [3.8, 4) is 10.4 Å². The van der Waals surface area contributed by atoms with Crippen LogP contribution in [0.1, 0.15) is 13.8 Å². The van der Waals surface area contributed by atoms with E-state index in [2.05, 4.69) is 4.72 Å². The molecule has 0 fully saturated rings. The molecule has 4 aromatic rings. The number of benzene rings is 2. The summed E-state index contributed by atoms with van der Waals surface area (Å²) in [6.07, 6.45) is 0. The van der Waals surface area contributed by atoms with Gasteiger partial charge >= 0.3 is 5.97 Å². The summed E-state index contributed by atoms with van der Waals surface area (Å²) in [6.45, 7) is 3.30. The normalized spacial score (nSPS) is 13.3. The Morgan fingerprint density at radius 1 is 1.07 bits per heavy atom. The summed E-state index contributed by atoms with van der Waals surface area (Å²) in [5, 5.41) is 12.8. The molecular formula is C21H19NO5S2. The number of carbonyl (C=O) groups is 1. The Labute approximate surface area is 171 Å². The van der Waals surface area contributed by atoms with Gasteiger partial charge < -0.3 is 9.52 Å². The van der Waals surface area contributed by atoms with Gasteiger partial charge in [-0.1, -0.05) is 26.0 Å². The molecule has 0 aliphatic heterocycles. The standard InChI is InChI=1S/C21H19NO5S2/c1-12(2)20(21(23)24)22-29(25,26)14-6-8-17-16(11-14)15-7-5-13(10-18(15)27-17)19-4-3-9-28-19/h3-12,20,22H,1-2H3,(H,23,24)/t20-/m1/s1. The fourth-order valence-corrected chi connectivity index (χ4v) is 5.31. The minimum absolute atomic E-state index is 0.00179. The first-order valence-electron chi connectivity index (χ1n) is 9.01. The van der Waals surface area contributed by atoms with Gasteiger partial charge in [-0.05, 0) is 53.3 Å². The first-order chi connectivity index (χ1) is 13.8. The van der Waals surface area contributed by atoms with Crippen LogP contribution in [-0.4, -0.2) is 25.5 Å². The second-order valence-corrected chi connectivity index (χ2v) is 9.79. The van der Waals surface area contributed by atoms with Crippen molar-refractivity contribution in [3.05, 3.63) is 53.9 Å². The van der Waals surface area contributed by atoms with E-state index in [0.717, 1.165) is 15.8 Å². The largest absolute Gasteiger partial charge is 0.480 e. The van der Waals surface area contributed by atoms with Crippen molar-refractivity contribution >= 4 is 49.3 Å². The van der Waals surface area contributed by atoms with Crippen molar-refractivity contribution < 1.29 is 22.7 Å². The quantitative estimate of drug-likeness (QED) is 0.463. The molecule has 0 radical (unpaired) electrons. The zero-order valence-corrected chi connectivity index (χ0v) is 17.4. The van der Waals surface area contributed by atoms with Crippen molar-refractivity contribution in [2.24, 2.45) is 5.92 Å². The molecule has 0 spiro atoms. The summed E-state index contributed by atoms with van der Waals surface area (Å²) in [7, 11) is -4.00. The van der Waals surface area contributed by atoms with Crippen molar-refractivity contribution in [1.29, 1.82) is 0 Å². The number of carboxylic acid groups (broad SMARTS) is 1. The van der Waals surface area contributed by atoms with Crippen LogP contribution in [0.2, 0.25) is 0 Å². The van der Waals surface area contributed by atoms with E-state index in [9.17, 15) is 18.3 Å². The lowest BCUT2D eigenvalue weighted by Crippen LogP contribution is -2.44. The van der Waals surface area contributed by atoms with Crippen molar-refractivity contribution in [2.45, 2.75) is 24.8 Å². The first-order valence-corrected chi connectivity index (χ1v) is 11.4. The number of rotatable bonds is 6. The van der Waals surface area contributed by atoms with Crippen LogP contribution >= 0.6 is 11.3 Å². The number of hydrogen-bond donors (Lipinski definition) is 2. The highest BCUT2D eigenvalue weighted by Crippen LogP contribution is 2.34. The molecule has 4 rings (SSSR count). The van der Waals surface area contributed by atoms with E-state index in [4.69, 9.17) is 4.42 Å². The molecular weight excluding hydrogens is 410 g/mol. The third kappa shape index (κ3) is 3.66. The predicted molar refractivity (Wildman–Crippen MR) is 114 cm³/mol.